The van der Waals surface area contributed by atoms with Crippen LogP contribution in [-0.2, 0) is 11.2 Å². The highest BCUT2D eigenvalue weighted by Gasteiger charge is 2.23. The minimum atomic E-state index is -0.0961. The van der Waals surface area contributed by atoms with Crippen molar-refractivity contribution in [2.24, 2.45) is 0 Å². The largest absolute Gasteiger partial charge is 0.490 e. The molecular formula is C24H26N4O3. The molecular weight excluding hydrogens is 392 g/mol. The molecule has 1 aliphatic heterocycles. The molecule has 3 aromatic rings. The summed E-state index contributed by atoms with van der Waals surface area (Å²) in [6.07, 6.45) is 5.44. The number of carbonyl (C=O) groups is 1. The lowest BCUT2D eigenvalue weighted by molar-refractivity contribution is -0.133. The Balaban J connectivity index is 1.23. The zero-order valence-electron chi connectivity index (χ0n) is 17.6. The molecule has 1 aromatic carbocycles. The lowest BCUT2D eigenvalue weighted by Gasteiger charge is -2.32. The first-order valence-electron chi connectivity index (χ1n) is 10.7. The fraction of sp³-hybridized carbons (Fsp3) is 0.375. The van der Waals surface area contributed by atoms with E-state index in [-0.39, 0.29) is 17.6 Å². The number of hydrogen-bond donors (Lipinski definition) is 1. The standard InChI is InChI=1S/C24H26N4O3/c1-17-5-10-22-24(30)26-19(16-28(17)22)3-2-4-23(29)27-13-11-21(12-14-27)31-20-8-6-18(15-25)7-9-20/h5-10,16,21H,2-4,11-14H2,1H3,(H,26,30). The van der Waals surface area contributed by atoms with Gasteiger partial charge in [-0.1, -0.05) is 0 Å². The van der Waals surface area contributed by atoms with Crippen molar-refractivity contribution in [2.45, 2.75) is 45.1 Å². The molecule has 0 aliphatic carbocycles. The van der Waals surface area contributed by atoms with E-state index in [1.807, 2.05) is 46.7 Å². The van der Waals surface area contributed by atoms with Crippen molar-refractivity contribution in [3.8, 4) is 11.8 Å². The summed E-state index contributed by atoms with van der Waals surface area (Å²) in [4.78, 5) is 29.6. The Labute approximate surface area is 180 Å². The number of aromatic amines is 1. The number of likely N-dealkylation sites (tertiary alicyclic amines) is 1. The van der Waals surface area contributed by atoms with Crippen molar-refractivity contribution in [1.29, 1.82) is 5.26 Å². The number of aromatic nitrogens is 2. The number of ether oxygens (including phenoxy) is 1. The molecule has 0 saturated carbocycles. The molecule has 4 rings (SSSR count). The van der Waals surface area contributed by atoms with Gasteiger partial charge >= 0.3 is 0 Å². The number of carbonyl (C=O) groups excluding carboxylic acids is 1. The van der Waals surface area contributed by atoms with Crippen LogP contribution in [0.3, 0.4) is 0 Å². The Kier molecular flexibility index (Phi) is 6.08. The molecule has 7 nitrogen and oxygen atoms in total. The molecule has 0 unspecified atom stereocenters. The second kappa shape index (κ2) is 9.09. The average Bonchev–Trinajstić information content (AvgIpc) is 3.16. The van der Waals surface area contributed by atoms with Gasteiger partial charge < -0.3 is 19.0 Å². The second-order valence-electron chi connectivity index (χ2n) is 8.03. The van der Waals surface area contributed by atoms with E-state index in [1.165, 1.54) is 0 Å². The third-order valence-electron chi connectivity index (χ3n) is 5.83. The third-order valence-corrected chi connectivity index (χ3v) is 5.83. The molecule has 1 fully saturated rings. The van der Waals surface area contributed by atoms with E-state index >= 15 is 0 Å². The van der Waals surface area contributed by atoms with Crippen LogP contribution in [0.4, 0.5) is 0 Å². The van der Waals surface area contributed by atoms with Crippen molar-refractivity contribution in [2.75, 3.05) is 13.1 Å². The van der Waals surface area contributed by atoms with Gasteiger partial charge in [-0.05, 0) is 56.2 Å². The summed E-state index contributed by atoms with van der Waals surface area (Å²) in [6, 6.07) is 13.0. The topological polar surface area (TPSA) is 90.6 Å². The number of hydrogen-bond acceptors (Lipinski definition) is 4. The number of aryl methyl sites for hydroxylation is 2. The molecule has 0 spiro atoms. The van der Waals surface area contributed by atoms with Gasteiger partial charge in [-0.15, -0.1) is 0 Å². The molecule has 160 valence electrons. The van der Waals surface area contributed by atoms with Gasteiger partial charge in [-0.2, -0.15) is 5.26 Å². The van der Waals surface area contributed by atoms with Gasteiger partial charge in [0.15, 0.2) is 0 Å². The van der Waals surface area contributed by atoms with E-state index < -0.39 is 0 Å². The van der Waals surface area contributed by atoms with Crippen LogP contribution in [0.5, 0.6) is 5.75 Å². The van der Waals surface area contributed by atoms with Crippen molar-refractivity contribution >= 4 is 11.4 Å². The maximum Gasteiger partial charge on any atom is 0.272 e. The van der Waals surface area contributed by atoms with Crippen molar-refractivity contribution in [3.63, 3.8) is 0 Å². The fourth-order valence-corrected chi connectivity index (χ4v) is 4.04. The van der Waals surface area contributed by atoms with Crippen LogP contribution < -0.4 is 10.3 Å². The maximum absolute atomic E-state index is 12.6. The van der Waals surface area contributed by atoms with Crippen LogP contribution in [0, 0.1) is 18.3 Å². The van der Waals surface area contributed by atoms with Crippen LogP contribution in [0.1, 0.15) is 42.6 Å². The molecule has 3 heterocycles. The summed E-state index contributed by atoms with van der Waals surface area (Å²) in [5, 5.41) is 8.87. The third kappa shape index (κ3) is 4.80. The van der Waals surface area contributed by atoms with Crippen LogP contribution in [0.25, 0.3) is 5.52 Å². The Hall–Kier alpha value is -3.53. The van der Waals surface area contributed by atoms with Gasteiger partial charge in [0.05, 0.1) is 11.6 Å². The number of piperidine rings is 1. The van der Waals surface area contributed by atoms with Crippen LogP contribution in [0.2, 0.25) is 0 Å². The number of nitriles is 1. The second-order valence-corrected chi connectivity index (χ2v) is 8.03. The molecule has 1 N–H and O–H groups in total. The van der Waals surface area contributed by atoms with Crippen molar-refractivity contribution in [1.82, 2.24) is 14.3 Å². The van der Waals surface area contributed by atoms with Gasteiger partial charge in [0.1, 0.15) is 17.4 Å². The molecule has 1 amide bonds. The Morgan fingerprint density at radius 2 is 1.94 bits per heavy atom. The molecule has 0 radical (unpaired) electrons. The molecule has 1 saturated heterocycles. The molecule has 0 atom stereocenters. The average molecular weight is 418 g/mol. The quantitative estimate of drug-likeness (QED) is 0.666. The summed E-state index contributed by atoms with van der Waals surface area (Å²) in [5.74, 6) is 0.907. The fourth-order valence-electron chi connectivity index (χ4n) is 4.04. The van der Waals surface area contributed by atoms with Gasteiger partial charge in [0.25, 0.3) is 5.56 Å². The number of nitrogens with one attached hydrogen (secondary N) is 1. The van der Waals surface area contributed by atoms with Crippen LogP contribution >= 0.6 is 0 Å². The highest BCUT2D eigenvalue weighted by atomic mass is 16.5. The lowest BCUT2D eigenvalue weighted by atomic mass is 10.1. The van der Waals surface area contributed by atoms with Gasteiger partial charge in [-0.3, -0.25) is 9.59 Å². The molecule has 0 bridgehead atoms. The van der Waals surface area contributed by atoms with E-state index in [9.17, 15) is 9.59 Å². The number of H-pyrrole nitrogens is 1. The zero-order chi connectivity index (χ0) is 21.8. The van der Waals surface area contributed by atoms with E-state index in [0.717, 1.165) is 30.0 Å². The van der Waals surface area contributed by atoms with E-state index in [1.54, 1.807) is 12.1 Å². The smallest absolute Gasteiger partial charge is 0.272 e. The summed E-state index contributed by atoms with van der Waals surface area (Å²) in [6.45, 7) is 3.34. The van der Waals surface area contributed by atoms with E-state index in [0.29, 0.717) is 43.4 Å². The number of fused-ring (bicyclic) bond motifs is 1. The monoisotopic (exact) mass is 418 g/mol. The highest BCUT2D eigenvalue weighted by molar-refractivity contribution is 5.76. The van der Waals surface area contributed by atoms with Gasteiger partial charge in [0, 0.05) is 49.9 Å². The number of nitrogens with zero attached hydrogens (tertiary/aromatic N) is 3. The van der Waals surface area contributed by atoms with E-state index in [4.69, 9.17) is 10.00 Å². The Bertz CT molecular complexity index is 1160. The molecule has 7 heteroatoms. The minimum Gasteiger partial charge on any atom is -0.490 e. The molecule has 2 aromatic heterocycles. The maximum atomic E-state index is 12.6. The number of rotatable bonds is 6. The predicted molar refractivity (Wildman–Crippen MR) is 117 cm³/mol. The number of benzene rings is 1. The molecule has 1 aliphatic rings. The highest BCUT2D eigenvalue weighted by Crippen LogP contribution is 2.20. The zero-order valence-corrected chi connectivity index (χ0v) is 17.6. The summed E-state index contributed by atoms with van der Waals surface area (Å²) >= 11 is 0. The first kappa shape index (κ1) is 20.7. The first-order chi connectivity index (χ1) is 15.0. The lowest BCUT2D eigenvalue weighted by Crippen LogP contribution is -2.41. The van der Waals surface area contributed by atoms with Gasteiger partial charge in [-0.25, -0.2) is 0 Å². The van der Waals surface area contributed by atoms with Crippen molar-refractivity contribution < 1.29 is 9.53 Å². The van der Waals surface area contributed by atoms with Crippen LogP contribution in [0.15, 0.2) is 47.4 Å². The summed E-state index contributed by atoms with van der Waals surface area (Å²) in [7, 11) is 0. The SMILES string of the molecule is Cc1ccc2c(=O)[nH]c(CCCC(=O)N3CCC(Oc4ccc(C#N)cc4)CC3)cn12. The Morgan fingerprint density at radius 3 is 2.65 bits per heavy atom. The number of amides is 1. The van der Waals surface area contributed by atoms with Crippen molar-refractivity contribution in [3.05, 3.63) is 69.9 Å². The summed E-state index contributed by atoms with van der Waals surface area (Å²) < 4.78 is 7.89. The molecule has 31 heavy (non-hydrogen) atoms. The van der Waals surface area contributed by atoms with E-state index in [2.05, 4.69) is 11.1 Å². The normalized spacial score (nSPS) is 14.5. The summed E-state index contributed by atoms with van der Waals surface area (Å²) in [5.41, 5.74) is 3.02. The van der Waals surface area contributed by atoms with Gasteiger partial charge in [0.2, 0.25) is 5.91 Å². The predicted octanol–water partition coefficient (Wildman–Crippen LogP) is 3.20. The van der Waals surface area contributed by atoms with Crippen LogP contribution in [-0.4, -0.2) is 39.4 Å². The minimum absolute atomic E-state index is 0.0820. The Morgan fingerprint density at radius 1 is 1.19 bits per heavy atom. The first-order valence-corrected chi connectivity index (χ1v) is 10.7.